The van der Waals surface area contributed by atoms with Crippen LogP contribution in [0.5, 0.6) is 5.75 Å². The van der Waals surface area contributed by atoms with Crippen LogP contribution in [0.15, 0.2) is 24.3 Å². The van der Waals surface area contributed by atoms with Crippen LogP contribution in [0.1, 0.15) is 12.0 Å². The number of hydrogen-bond acceptors (Lipinski definition) is 4. The lowest BCUT2D eigenvalue weighted by atomic mass is 10.2. The van der Waals surface area contributed by atoms with Gasteiger partial charge in [-0.1, -0.05) is 18.2 Å². The van der Waals surface area contributed by atoms with Crippen molar-refractivity contribution < 1.29 is 14.3 Å². The van der Waals surface area contributed by atoms with Gasteiger partial charge in [-0.15, -0.1) is 0 Å². The predicted molar refractivity (Wildman–Crippen MR) is 59.2 cm³/mol. The summed E-state index contributed by atoms with van der Waals surface area (Å²) in [6.45, 7) is 1.18. The Labute approximate surface area is 94.6 Å². The van der Waals surface area contributed by atoms with E-state index in [1.165, 1.54) is 0 Å². The maximum atomic E-state index is 11.3. The quantitative estimate of drug-likeness (QED) is 0.773. The Hall–Kier alpha value is -1.55. The molecule has 2 rings (SSSR count). The summed E-state index contributed by atoms with van der Waals surface area (Å²) in [4.78, 5) is 11.3. The maximum absolute atomic E-state index is 11.3. The van der Waals surface area contributed by atoms with Gasteiger partial charge in [-0.2, -0.15) is 0 Å². The average Bonchev–Trinajstić information content (AvgIpc) is 2.68. The van der Waals surface area contributed by atoms with E-state index < -0.39 is 6.10 Å². The van der Waals surface area contributed by atoms with Gasteiger partial charge in [0.25, 0.3) is 0 Å². The highest BCUT2D eigenvalue weighted by atomic mass is 16.6. The van der Waals surface area contributed by atoms with Crippen LogP contribution in [0.4, 0.5) is 0 Å². The number of para-hydroxylation sites is 1. The van der Waals surface area contributed by atoms with E-state index in [0.29, 0.717) is 13.0 Å². The Balaban J connectivity index is 2.10. The Morgan fingerprint density at radius 3 is 3.00 bits per heavy atom. The van der Waals surface area contributed by atoms with Crippen LogP contribution < -0.4 is 10.1 Å². The molecule has 1 aliphatic rings. The van der Waals surface area contributed by atoms with Crippen molar-refractivity contribution in [1.82, 2.24) is 5.32 Å². The summed E-state index contributed by atoms with van der Waals surface area (Å²) in [6, 6.07) is 7.70. The first kappa shape index (κ1) is 11.0. The smallest absolute Gasteiger partial charge is 0.347 e. The highest BCUT2D eigenvalue weighted by molar-refractivity contribution is 5.76. The van der Waals surface area contributed by atoms with Crippen LogP contribution in [0, 0.1) is 0 Å². The minimum atomic E-state index is -0.446. The molecule has 0 amide bonds. The van der Waals surface area contributed by atoms with Crippen molar-refractivity contribution in [3.05, 3.63) is 29.8 Å². The third kappa shape index (κ3) is 2.33. The summed E-state index contributed by atoms with van der Waals surface area (Å²) in [6.07, 6.45) is 0.185. The number of ether oxygens (including phenoxy) is 2. The lowest BCUT2D eigenvalue weighted by molar-refractivity contribution is -0.143. The third-order valence-electron chi connectivity index (χ3n) is 2.50. The average molecular weight is 221 g/mol. The van der Waals surface area contributed by atoms with Crippen molar-refractivity contribution >= 4 is 5.97 Å². The Bertz CT molecular complexity index is 378. The van der Waals surface area contributed by atoms with Crippen molar-refractivity contribution in [2.24, 2.45) is 0 Å². The molecular formula is C12H15NO3. The molecule has 1 N–H and O–H groups in total. The van der Waals surface area contributed by atoms with Gasteiger partial charge in [0, 0.05) is 18.5 Å². The zero-order valence-corrected chi connectivity index (χ0v) is 9.23. The number of carbonyl (C=O) groups excluding carboxylic acids is 1. The molecule has 0 saturated carbocycles. The summed E-state index contributed by atoms with van der Waals surface area (Å²) in [7, 11) is 1.88. The number of cyclic esters (lactones) is 1. The van der Waals surface area contributed by atoms with Crippen LogP contribution in [0.25, 0.3) is 0 Å². The minimum absolute atomic E-state index is 0.265. The molecule has 1 heterocycles. The predicted octanol–water partition coefficient (Wildman–Crippen LogP) is 1.10. The number of carbonyl (C=O) groups is 1. The van der Waals surface area contributed by atoms with Crippen LogP contribution in [-0.2, 0) is 16.1 Å². The molecule has 1 aromatic rings. The highest BCUT2D eigenvalue weighted by Gasteiger charge is 2.28. The van der Waals surface area contributed by atoms with Crippen molar-refractivity contribution in [3.63, 3.8) is 0 Å². The topological polar surface area (TPSA) is 47.6 Å². The SMILES string of the molecule is CNCc1ccccc1OC1CCOC1=O. The van der Waals surface area contributed by atoms with E-state index >= 15 is 0 Å². The molecule has 0 aliphatic carbocycles. The molecule has 1 saturated heterocycles. The normalized spacial score (nSPS) is 19.6. The molecule has 0 radical (unpaired) electrons. The van der Waals surface area contributed by atoms with Gasteiger partial charge in [-0.05, 0) is 13.1 Å². The first-order valence-corrected chi connectivity index (χ1v) is 5.37. The van der Waals surface area contributed by atoms with Gasteiger partial charge >= 0.3 is 5.97 Å². The van der Waals surface area contributed by atoms with Crippen LogP contribution in [0.3, 0.4) is 0 Å². The summed E-state index contributed by atoms with van der Waals surface area (Å²) < 4.78 is 10.5. The van der Waals surface area contributed by atoms with Gasteiger partial charge in [0.2, 0.25) is 0 Å². The van der Waals surface area contributed by atoms with E-state index in [-0.39, 0.29) is 5.97 Å². The third-order valence-corrected chi connectivity index (χ3v) is 2.50. The molecule has 1 aliphatic heterocycles. The molecule has 4 nitrogen and oxygen atoms in total. The van der Waals surface area contributed by atoms with Gasteiger partial charge in [-0.25, -0.2) is 4.79 Å². The Morgan fingerprint density at radius 1 is 1.50 bits per heavy atom. The molecular weight excluding hydrogens is 206 g/mol. The van der Waals surface area contributed by atoms with E-state index in [1.807, 2.05) is 31.3 Å². The first-order valence-electron chi connectivity index (χ1n) is 5.37. The van der Waals surface area contributed by atoms with Gasteiger partial charge in [0.15, 0.2) is 6.10 Å². The standard InChI is InChI=1S/C12H15NO3/c1-13-8-9-4-2-3-5-10(9)16-11-6-7-15-12(11)14/h2-5,11,13H,6-8H2,1H3. The summed E-state index contributed by atoms with van der Waals surface area (Å²) in [5, 5.41) is 3.06. The maximum Gasteiger partial charge on any atom is 0.347 e. The molecule has 1 unspecified atom stereocenters. The summed E-state index contributed by atoms with van der Waals surface area (Å²) in [5.41, 5.74) is 1.05. The molecule has 1 fully saturated rings. The van der Waals surface area contributed by atoms with Gasteiger partial charge in [-0.3, -0.25) is 0 Å². The molecule has 1 aromatic carbocycles. The highest BCUT2D eigenvalue weighted by Crippen LogP contribution is 2.22. The molecule has 0 spiro atoms. The fourth-order valence-corrected chi connectivity index (χ4v) is 1.69. The van der Waals surface area contributed by atoms with Crippen molar-refractivity contribution in [2.45, 2.75) is 19.1 Å². The Morgan fingerprint density at radius 2 is 2.31 bits per heavy atom. The zero-order chi connectivity index (χ0) is 11.4. The van der Waals surface area contributed by atoms with Crippen LogP contribution in [-0.4, -0.2) is 25.7 Å². The van der Waals surface area contributed by atoms with Crippen molar-refractivity contribution in [1.29, 1.82) is 0 Å². The van der Waals surface area contributed by atoms with E-state index in [9.17, 15) is 4.79 Å². The second-order valence-electron chi connectivity index (χ2n) is 3.70. The first-order chi connectivity index (χ1) is 7.81. The van der Waals surface area contributed by atoms with E-state index in [0.717, 1.165) is 17.9 Å². The molecule has 1 atom stereocenters. The Kier molecular flexibility index (Phi) is 3.41. The van der Waals surface area contributed by atoms with E-state index in [4.69, 9.17) is 9.47 Å². The fourth-order valence-electron chi connectivity index (χ4n) is 1.69. The number of esters is 1. The zero-order valence-electron chi connectivity index (χ0n) is 9.23. The lowest BCUT2D eigenvalue weighted by Crippen LogP contribution is -2.22. The molecule has 0 aromatic heterocycles. The molecule has 4 heteroatoms. The van der Waals surface area contributed by atoms with Crippen LogP contribution in [0.2, 0.25) is 0 Å². The fraction of sp³-hybridized carbons (Fsp3) is 0.417. The summed E-state index contributed by atoms with van der Waals surface area (Å²) >= 11 is 0. The number of nitrogens with one attached hydrogen (secondary N) is 1. The monoisotopic (exact) mass is 221 g/mol. The number of rotatable bonds is 4. The lowest BCUT2D eigenvalue weighted by Gasteiger charge is -2.13. The molecule has 16 heavy (non-hydrogen) atoms. The van der Waals surface area contributed by atoms with E-state index in [2.05, 4.69) is 5.32 Å². The minimum Gasteiger partial charge on any atom is -0.478 e. The number of benzene rings is 1. The van der Waals surface area contributed by atoms with Crippen molar-refractivity contribution in [3.8, 4) is 5.75 Å². The van der Waals surface area contributed by atoms with Crippen LogP contribution >= 0.6 is 0 Å². The molecule has 86 valence electrons. The van der Waals surface area contributed by atoms with Crippen molar-refractivity contribution in [2.75, 3.05) is 13.7 Å². The second kappa shape index (κ2) is 4.99. The van der Waals surface area contributed by atoms with E-state index in [1.54, 1.807) is 0 Å². The largest absolute Gasteiger partial charge is 0.478 e. The molecule has 0 bridgehead atoms. The number of hydrogen-bond donors (Lipinski definition) is 1. The second-order valence-corrected chi connectivity index (χ2v) is 3.70. The van der Waals surface area contributed by atoms with Gasteiger partial charge in [0.1, 0.15) is 5.75 Å². The van der Waals surface area contributed by atoms with Gasteiger partial charge in [0.05, 0.1) is 6.61 Å². The van der Waals surface area contributed by atoms with Gasteiger partial charge < -0.3 is 14.8 Å². The summed E-state index contributed by atoms with van der Waals surface area (Å²) in [5.74, 6) is 0.486.